The Kier molecular flexibility index (Phi) is 5.81. The van der Waals surface area contributed by atoms with Crippen molar-refractivity contribution < 1.29 is 27.9 Å². The van der Waals surface area contributed by atoms with Gasteiger partial charge in [0.05, 0.1) is 6.26 Å². The molecule has 0 aliphatic heterocycles. The Bertz CT molecular complexity index is 1050. The average molecular weight is 433 g/mol. The standard InChI is InChI=1S/C20H17F2N3O4S/c21-19(17(30)25-18(23)27)11-12(7-8-20(19,22)28)10-13-4-1-2-5-14(13)24-16(26)15-6-3-9-29-15/h1-9,11,28H,10H2,(H,24,26)(H3,23,25,27,30). The number of nitrogens with two attached hydrogens (primary N) is 1. The second-order valence-corrected chi connectivity index (χ2v) is 6.93. The number of hydrogen-bond acceptors (Lipinski definition) is 5. The van der Waals surface area contributed by atoms with Gasteiger partial charge in [0.1, 0.15) is 4.99 Å². The quantitative estimate of drug-likeness (QED) is 0.541. The first kappa shape index (κ1) is 21.3. The summed E-state index contributed by atoms with van der Waals surface area (Å²) in [6, 6.07) is 8.59. The Morgan fingerprint density at radius 2 is 1.93 bits per heavy atom. The van der Waals surface area contributed by atoms with Crippen molar-refractivity contribution in [2.75, 3.05) is 5.32 Å². The van der Waals surface area contributed by atoms with Crippen LogP contribution in [0.4, 0.5) is 19.3 Å². The maximum absolute atomic E-state index is 15.3. The van der Waals surface area contributed by atoms with Crippen LogP contribution in [0.5, 0.6) is 0 Å². The molecule has 2 atom stereocenters. The van der Waals surface area contributed by atoms with Crippen molar-refractivity contribution in [1.29, 1.82) is 0 Å². The number of para-hydroxylation sites is 1. The Morgan fingerprint density at radius 1 is 1.20 bits per heavy atom. The summed E-state index contributed by atoms with van der Waals surface area (Å²) in [5.41, 5.74) is 2.95. The fourth-order valence-electron chi connectivity index (χ4n) is 2.89. The van der Waals surface area contributed by atoms with E-state index in [0.717, 1.165) is 6.08 Å². The van der Waals surface area contributed by atoms with Crippen molar-refractivity contribution in [3.05, 3.63) is 77.8 Å². The molecule has 2 unspecified atom stereocenters. The number of urea groups is 1. The van der Waals surface area contributed by atoms with Crippen LogP contribution in [0.15, 0.2) is 70.9 Å². The van der Waals surface area contributed by atoms with Gasteiger partial charge in [-0.2, -0.15) is 0 Å². The van der Waals surface area contributed by atoms with Crippen LogP contribution in [0.2, 0.25) is 0 Å². The molecule has 2 aromatic rings. The number of amides is 3. The monoisotopic (exact) mass is 433 g/mol. The molecule has 30 heavy (non-hydrogen) atoms. The molecule has 0 bridgehead atoms. The third-order valence-corrected chi connectivity index (χ3v) is 4.78. The minimum absolute atomic E-state index is 0.0616. The Labute approximate surface area is 175 Å². The van der Waals surface area contributed by atoms with Crippen molar-refractivity contribution in [2.24, 2.45) is 5.73 Å². The highest BCUT2D eigenvalue weighted by Crippen LogP contribution is 2.38. The average Bonchev–Trinajstić information content (AvgIpc) is 3.21. The van der Waals surface area contributed by atoms with Crippen LogP contribution in [0.1, 0.15) is 16.1 Å². The summed E-state index contributed by atoms with van der Waals surface area (Å²) in [6.45, 7) is 0. The zero-order valence-corrected chi connectivity index (χ0v) is 16.2. The Hall–Kier alpha value is -3.37. The first-order chi connectivity index (χ1) is 14.1. The first-order valence-corrected chi connectivity index (χ1v) is 9.08. The summed E-state index contributed by atoms with van der Waals surface area (Å²) < 4.78 is 34.8. The topological polar surface area (TPSA) is 118 Å². The van der Waals surface area contributed by atoms with E-state index in [1.54, 1.807) is 35.6 Å². The summed E-state index contributed by atoms with van der Waals surface area (Å²) >= 11 is 4.73. The number of carbonyl (C=O) groups excluding carboxylic acids is 2. The number of halogens is 2. The fraction of sp³-hybridized carbons (Fsp3) is 0.150. The minimum atomic E-state index is -3.48. The smallest absolute Gasteiger partial charge is 0.317 e. The second-order valence-electron chi connectivity index (χ2n) is 6.52. The van der Waals surface area contributed by atoms with Crippen molar-refractivity contribution in [3.8, 4) is 0 Å². The SMILES string of the molecule is NC(=O)NC(=S)C1(F)C=C(Cc2ccccc2NC(=O)c2ccco2)C=CC1(O)F. The van der Waals surface area contributed by atoms with E-state index >= 15 is 4.39 Å². The van der Waals surface area contributed by atoms with Crippen LogP contribution in [0, 0.1) is 0 Å². The van der Waals surface area contributed by atoms with Gasteiger partial charge in [-0.3, -0.25) is 10.1 Å². The van der Waals surface area contributed by atoms with Gasteiger partial charge in [0.15, 0.2) is 5.76 Å². The molecule has 5 N–H and O–H groups in total. The number of benzene rings is 1. The van der Waals surface area contributed by atoms with E-state index in [4.69, 9.17) is 22.4 Å². The molecule has 1 aromatic carbocycles. The number of carbonyl (C=O) groups is 2. The molecule has 0 fully saturated rings. The lowest BCUT2D eigenvalue weighted by Gasteiger charge is -2.34. The van der Waals surface area contributed by atoms with Crippen molar-refractivity contribution in [1.82, 2.24) is 5.32 Å². The van der Waals surface area contributed by atoms with Crippen LogP contribution >= 0.6 is 12.2 Å². The van der Waals surface area contributed by atoms with Gasteiger partial charge < -0.3 is 20.6 Å². The van der Waals surface area contributed by atoms with E-state index in [0.29, 0.717) is 17.3 Å². The van der Waals surface area contributed by atoms with E-state index in [1.165, 1.54) is 18.4 Å². The number of hydrogen-bond donors (Lipinski definition) is 4. The number of thiocarbonyl (C=S) groups is 1. The highest BCUT2D eigenvalue weighted by Gasteiger charge is 2.55. The molecule has 1 heterocycles. The summed E-state index contributed by atoms with van der Waals surface area (Å²) in [4.78, 5) is 22.3. The molecule has 3 rings (SSSR count). The number of alkyl halides is 2. The number of rotatable bonds is 5. The predicted octanol–water partition coefficient (Wildman–Crippen LogP) is 2.93. The minimum Gasteiger partial charge on any atom is -0.459 e. The van der Waals surface area contributed by atoms with Gasteiger partial charge in [0, 0.05) is 5.69 Å². The third kappa shape index (κ3) is 4.29. The number of primary amides is 1. The highest BCUT2D eigenvalue weighted by molar-refractivity contribution is 7.80. The van der Waals surface area contributed by atoms with Crippen LogP contribution in [0.3, 0.4) is 0 Å². The van der Waals surface area contributed by atoms with E-state index in [9.17, 15) is 19.1 Å². The lowest BCUT2D eigenvalue weighted by molar-refractivity contribution is -0.111. The van der Waals surface area contributed by atoms with Gasteiger partial charge in [-0.25, -0.2) is 13.6 Å². The Morgan fingerprint density at radius 3 is 2.60 bits per heavy atom. The van der Waals surface area contributed by atoms with Gasteiger partial charge in [0.25, 0.3) is 11.8 Å². The summed E-state index contributed by atoms with van der Waals surface area (Å²) in [5.74, 6) is -3.86. The van der Waals surface area contributed by atoms with E-state index in [-0.39, 0.29) is 17.8 Å². The molecule has 0 spiro atoms. The first-order valence-electron chi connectivity index (χ1n) is 8.67. The predicted molar refractivity (Wildman–Crippen MR) is 109 cm³/mol. The third-order valence-electron chi connectivity index (χ3n) is 4.39. The molecular weight excluding hydrogens is 416 g/mol. The summed E-state index contributed by atoms with van der Waals surface area (Å²) in [7, 11) is 0. The summed E-state index contributed by atoms with van der Waals surface area (Å²) in [5, 5.41) is 14.3. The number of nitrogens with one attached hydrogen (secondary N) is 2. The number of anilines is 1. The van der Waals surface area contributed by atoms with Crippen LogP contribution in [0.25, 0.3) is 0 Å². The number of furan rings is 1. The molecule has 1 aliphatic rings. The molecular formula is C20H17F2N3O4S. The van der Waals surface area contributed by atoms with Gasteiger partial charge in [-0.05, 0) is 47.9 Å². The van der Waals surface area contributed by atoms with E-state index < -0.39 is 28.5 Å². The molecule has 0 saturated carbocycles. The maximum atomic E-state index is 15.3. The van der Waals surface area contributed by atoms with Crippen molar-refractivity contribution >= 4 is 34.8 Å². The largest absolute Gasteiger partial charge is 0.459 e. The van der Waals surface area contributed by atoms with Gasteiger partial charge in [-0.1, -0.05) is 36.5 Å². The zero-order chi connectivity index (χ0) is 21.9. The molecule has 3 amide bonds. The zero-order valence-electron chi connectivity index (χ0n) is 15.4. The Balaban J connectivity index is 1.87. The van der Waals surface area contributed by atoms with Crippen molar-refractivity contribution in [2.45, 2.75) is 17.9 Å². The molecule has 1 aliphatic carbocycles. The van der Waals surface area contributed by atoms with Gasteiger partial charge >= 0.3 is 6.03 Å². The van der Waals surface area contributed by atoms with Crippen LogP contribution in [-0.2, 0) is 6.42 Å². The molecule has 156 valence electrons. The molecule has 7 nitrogen and oxygen atoms in total. The maximum Gasteiger partial charge on any atom is 0.317 e. The molecule has 0 saturated heterocycles. The van der Waals surface area contributed by atoms with Crippen molar-refractivity contribution in [3.63, 3.8) is 0 Å². The number of allylic oxidation sites excluding steroid dienone is 2. The van der Waals surface area contributed by atoms with Crippen LogP contribution in [-0.4, -0.2) is 33.6 Å². The second kappa shape index (κ2) is 8.17. The highest BCUT2D eigenvalue weighted by atomic mass is 32.1. The fourth-order valence-corrected chi connectivity index (χ4v) is 3.19. The van der Waals surface area contributed by atoms with Gasteiger partial charge in [-0.15, -0.1) is 0 Å². The molecule has 10 heteroatoms. The summed E-state index contributed by atoms with van der Waals surface area (Å²) in [6.07, 6.45) is 3.99. The van der Waals surface area contributed by atoms with E-state index in [1.807, 2.05) is 0 Å². The number of aliphatic hydroxyl groups is 1. The normalized spacial score (nSPS) is 22.8. The lowest BCUT2D eigenvalue weighted by Crippen LogP contribution is -2.57. The van der Waals surface area contributed by atoms with Gasteiger partial charge in [0.2, 0.25) is 5.67 Å². The van der Waals surface area contributed by atoms with E-state index in [2.05, 4.69) is 5.32 Å². The molecule has 0 radical (unpaired) electrons. The van der Waals surface area contributed by atoms with Crippen LogP contribution < -0.4 is 16.4 Å². The molecule has 1 aromatic heterocycles. The lowest BCUT2D eigenvalue weighted by atomic mass is 9.86.